The summed E-state index contributed by atoms with van der Waals surface area (Å²) in [4.78, 5) is 12.1. The van der Waals surface area contributed by atoms with Crippen LogP contribution in [-0.2, 0) is 0 Å². The first-order valence-corrected chi connectivity index (χ1v) is 7.65. The third-order valence-corrected chi connectivity index (χ3v) is 3.88. The van der Waals surface area contributed by atoms with E-state index in [2.05, 4.69) is 43.6 Å². The summed E-state index contributed by atoms with van der Waals surface area (Å²) in [5, 5.41) is 10.2. The van der Waals surface area contributed by atoms with Crippen LogP contribution in [0.2, 0.25) is 5.02 Å². The van der Waals surface area contributed by atoms with Crippen molar-refractivity contribution in [2.75, 3.05) is 5.32 Å². The summed E-state index contributed by atoms with van der Waals surface area (Å²) in [6, 6.07) is 7.08. The summed E-state index contributed by atoms with van der Waals surface area (Å²) >= 11 is 5.83. The monoisotopic (exact) mass is 309 g/mol. The second kappa shape index (κ2) is 5.85. The highest BCUT2D eigenvalue weighted by atomic mass is 35.5. The molecule has 0 saturated carbocycles. The Bertz CT molecular complexity index is 495. The standard InChI is InChI=1S/C16H24ClN3O/c1-15(2)9-13(10-16(3,4)20-15)19-14(21)18-12-7-5-11(17)6-8-12/h5-8,13,20H,9-10H2,1-4H3,(H2,18,19,21). The molecule has 0 aromatic heterocycles. The fourth-order valence-electron chi connectivity index (χ4n) is 3.31. The average Bonchev–Trinajstić information content (AvgIpc) is 2.27. The zero-order valence-electron chi connectivity index (χ0n) is 13.1. The van der Waals surface area contributed by atoms with Crippen molar-refractivity contribution in [3.8, 4) is 0 Å². The Kier molecular flexibility index (Phi) is 4.49. The van der Waals surface area contributed by atoms with Crippen molar-refractivity contribution in [1.29, 1.82) is 0 Å². The maximum absolute atomic E-state index is 12.1. The number of nitrogens with one attached hydrogen (secondary N) is 3. The molecule has 0 spiro atoms. The zero-order chi connectivity index (χ0) is 15.7. The lowest BCUT2D eigenvalue weighted by Gasteiger charge is -2.46. The number of rotatable bonds is 2. The highest BCUT2D eigenvalue weighted by molar-refractivity contribution is 6.30. The quantitative estimate of drug-likeness (QED) is 0.779. The van der Waals surface area contributed by atoms with Crippen molar-refractivity contribution in [3.05, 3.63) is 29.3 Å². The number of hydrogen-bond donors (Lipinski definition) is 3. The van der Waals surface area contributed by atoms with Gasteiger partial charge in [-0.2, -0.15) is 0 Å². The van der Waals surface area contributed by atoms with Gasteiger partial charge in [-0.25, -0.2) is 4.79 Å². The van der Waals surface area contributed by atoms with E-state index in [1.54, 1.807) is 24.3 Å². The molecule has 21 heavy (non-hydrogen) atoms. The highest BCUT2D eigenvalue weighted by Crippen LogP contribution is 2.28. The number of carbonyl (C=O) groups excluding carboxylic acids is 1. The van der Waals surface area contributed by atoms with Gasteiger partial charge in [0, 0.05) is 27.8 Å². The number of amides is 2. The Morgan fingerprint density at radius 1 is 1.14 bits per heavy atom. The second-order valence-electron chi connectivity index (χ2n) is 7.10. The Morgan fingerprint density at radius 3 is 2.19 bits per heavy atom. The van der Waals surface area contributed by atoms with E-state index < -0.39 is 0 Å². The van der Waals surface area contributed by atoms with Gasteiger partial charge >= 0.3 is 6.03 Å². The summed E-state index contributed by atoms with van der Waals surface area (Å²) < 4.78 is 0. The Balaban J connectivity index is 1.94. The molecule has 1 aromatic rings. The van der Waals surface area contributed by atoms with E-state index in [4.69, 9.17) is 11.6 Å². The van der Waals surface area contributed by atoms with Crippen LogP contribution in [0, 0.1) is 0 Å². The molecule has 1 heterocycles. The van der Waals surface area contributed by atoms with E-state index in [0.717, 1.165) is 18.5 Å². The third-order valence-electron chi connectivity index (χ3n) is 3.63. The summed E-state index contributed by atoms with van der Waals surface area (Å²) in [7, 11) is 0. The zero-order valence-corrected chi connectivity index (χ0v) is 13.8. The van der Waals surface area contributed by atoms with E-state index in [-0.39, 0.29) is 23.2 Å². The molecule has 4 nitrogen and oxygen atoms in total. The molecule has 2 amide bonds. The van der Waals surface area contributed by atoms with Gasteiger partial charge < -0.3 is 16.0 Å². The van der Waals surface area contributed by atoms with Crippen LogP contribution in [0.5, 0.6) is 0 Å². The maximum Gasteiger partial charge on any atom is 0.319 e. The van der Waals surface area contributed by atoms with Crippen molar-refractivity contribution in [1.82, 2.24) is 10.6 Å². The minimum absolute atomic E-state index is 0.0139. The number of halogens is 1. The van der Waals surface area contributed by atoms with Crippen molar-refractivity contribution >= 4 is 23.3 Å². The third kappa shape index (κ3) is 4.90. The average molecular weight is 310 g/mol. The minimum atomic E-state index is -0.171. The van der Waals surface area contributed by atoms with Crippen LogP contribution in [0.4, 0.5) is 10.5 Å². The summed E-state index contributed by atoms with van der Waals surface area (Å²) in [6.07, 6.45) is 1.81. The largest absolute Gasteiger partial charge is 0.335 e. The first kappa shape index (κ1) is 16.1. The van der Waals surface area contributed by atoms with Gasteiger partial charge in [-0.05, 0) is 64.8 Å². The van der Waals surface area contributed by atoms with E-state index in [1.165, 1.54) is 0 Å². The maximum atomic E-state index is 12.1. The fraction of sp³-hybridized carbons (Fsp3) is 0.562. The van der Waals surface area contributed by atoms with Gasteiger partial charge in [-0.15, -0.1) is 0 Å². The van der Waals surface area contributed by atoms with Crippen LogP contribution in [0.25, 0.3) is 0 Å². The molecule has 0 bridgehead atoms. The van der Waals surface area contributed by atoms with E-state index in [9.17, 15) is 4.79 Å². The number of urea groups is 1. The number of hydrogen-bond acceptors (Lipinski definition) is 2. The van der Waals surface area contributed by atoms with Crippen LogP contribution in [0.1, 0.15) is 40.5 Å². The second-order valence-corrected chi connectivity index (χ2v) is 7.54. The first-order valence-electron chi connectivity index (χ1n) is 7.28. The smallest absolute Gasteiger partial charge is 0.319 e. The van der Waals surface area contributed by atoms with Crippen LogP contribution in [-0.4, -0.2) is 23.2 Å². The molecule has 116 valence electrons. The molecular formula is C16H24ClN3O. The predicted octanol–water partition coefficient (Wildman–Crippen LogP) is 3.77. The molecular weight excluding hydrogens is 286 g/mol. The van der Waals surface area contributed by atoms with Gasteiger partial charge in [0.1, 0.15) is 0 Å². The molecule has 5 heteroatoms. The number of carbonyl (C=O) groups is 1. The van der Waals surface area contributed by atoms with Gasteiger partial charge in [0.05, 0.1) is 0 Å². The predicted molar refractivity (Wildman–Crippen MR) is 87.9 cm³/mol. The molecule has 0 atom stereocenters. The minimum Gasteiger partial charge on any atom is -0.335 e. The van der Waals surface area contributed by atoms with Crippen molar-refractivity contribution in [2.45, 2.75) is 57.7 Å². The van der Waals surface area contributed by atoms with E-state index in [1.807, 2.05) is 0 Å². The summed E-state index contributed by atoms with van der Waals surface area (Å²) in [5.74, 6) is 0. The lowest BCUT2D eigenvalue weighted by Crippen LogP contribution is -2.62. The molecule has 1 saturated heterocycles. The SMILES string of the molecule is CC1(C)CC(NC(=O)Nc2ccc(Cl)cc2)CC(C)(C)N1. The van der Waals surface area contributed by atoms with Crippen LogP contribution in [0.15, 0.2) is 24.3 Å². The van der Waals surface area contributed by atoms with Crippen LogP contribution < -0.4 is 16.0 Å². The topological polar surface area (TPSA) is 53.2 Å². The molecule has 0 unspecified atom stereocenters. The molecule has 2 rings (SSSR count). The molecule has 0 aliphatic carbocycles. The van der Waals surface area contributed by atoms with Crippen molar-refractivity contribution < 1.29 is 4.79 Å². The van der Waals surface area contributed by atoms with Gasteiger partial charge in [0.2, 0.25) is 0 Å². The molecule has 3 N–H and O–H groups in total. The van der Waals surface area contributed by atoms with Crippen molar-refractivity contribution in [2.24, 2.45) is 0 Å². The molecule has 1 aromatic carbocycles. The van der Waals surface area contributed by atoms with E-state index in [0.29, 0.717) is 5.02 Å². The normalized spacial score (nSPS) is 20.8. The molecule has 0 radical (unpaired) electrons. The first-order chi connectivity index (χ1) is 9.65. The molecule has 1 aliphatic rings. The Morgan fingerprint density at radius 2 is 1.67 bits per heavy atom. The Labute approximate surface area is 131 Å². The highest BCUT2D eigenvalue weighted by Gasteiger charge is 2.38. The molecule has 1 aliphatic heterocycles. The summed E-state index contributed by atoms with van der Waals surface area (Å²) in [5.41, 5.74) is 0.768. The number of piperidine rings is 1. The van der Waals surface area contributed by atoms with Gasteiger partial charge in [0.25, 0.3) is 0 Å². The van der Waals surface area contributed by atoms with Crippen LogP contribution >= 0.6 is 11.6 Å². The van der Waals surface area contributed by atoms with E-state index >= 15 is 0 Å². The lowest BCUT2D eigenvalue weighted by atomic mass is 9.80. The lowest BCUT2D eigenvalue weighted by molar-refractivity contribution is 0.149. The van der Waals surface area contributed by atoms with Gasteiger partial charge in [0.15, 0.2) is 0 Å². The molecule has 1 fully saturated rings. The fourth-order valence-corrected chi connectivity index (χ4v) is 3.44. The van der Waals surface area contributed by atoms with Gasteiger partial charge in [-0.1, -0.05) is 11.6 Å². The Hall–Kier alpha value is -1.26. The number of anilines is 1. The van der Waals surface area contributed by atoms with Crippen LogP contribution in [0.3, 0.4) is 0 Å². The number of benzene rings is 1. The van der Waals surface area contributed by atoms with Crippen molar-refractivity contribution in [3.63, 3.8) is 0 Å². The van der Waals surface area contributed by atoms with Gasteiger partial charge in [-0.3, -0.25) is 0 Å². The summed E-state index contributed by atoms with van der Waals surface area (Å²) in [6.45, 7) is 8.67.